The minimum absolute atomic E-state index is 0.0451. The molecule has 0 aromatic heterocycles. The van der Waals surface area contributed by atoms with Crippen LogP contribution in [0.2, 0.25) is 0 Å². The average molecular weight is 682 g/mol. The fraction of sp³-hybridized carbons (Fsp3) is 0.220. The molecule has 10 heteroatoms. The van der Waals surface area contributed by atoms with Crippen LogP contribution in [0.3, 0.4) is 0 Å². The lowest BCUT2D eigenvalue weighted by molar-refractivity contribution is -0.128. The van der Waals surface area contributed by atoms with E-state index >= 15 is 0 Å². The van der Waals surface area contributed by atoms with E-state index in [4.69, 9.17) is 24.3 Å². The van der Waals surface area contributed by atoms with Gasteiger partial charge >= 0.3 is 0 Å². The van der Waals surface area contributed by atoms with Gasteiger partial charge in [0.05, 0.1) is 13.7 Å². The van der Waals surface area contributed by atoms with E-state index in [1.165, 1.54) is 0 Å². The summed E-state index contributed by atoms with van der Waals surface area (Å²) in [5.74, 6) is 1.39. The number of aliphatic hydroxyl groups excluding tert-OH is 1. The Balaban J connectivity index is 1.40. The van der Waals surface area contributed by atoms with Crippen LogP contribution >= 0.6 is 0 Å². The number of methoxy groups -OCH3 is 1. The van der Waals surface area contributed by atoms with Crippen molar-refractivity contribution in [2.45, 2.75) is 30.9 Å². The first-order valence-electron chi connectivity index (χ1n) is 16.8. The first-order valence-corrected chi connectivity index (χ1v) is 16.8. The summed E-state index contributed by atoms with van der Waals surface area (Å²) < 4.78 is 17.7. The van der Waals surface area contributed by atoms with Gasteiger partial charge in [-0.25, -0.2) is 4.99 Å². The molecule has 5 aromatic carbocycles. The molecule has 5 aromatic rings. The summed E-state index contributed by atoms with van der Waals surface area (Å²) in [5, 5.41) is 16.2. The topological polar surface area (TPSA) is 138 Å². The molecule has 2 atom stereocenters. The number of hydrogen-bond donors (Lipinski definition) is 2. The molecule has 0 bridgehead atoms. The Morgan fingerprint density at radius 1 is 0.882 bits per heavy atom. The van der Waals surface area contributed by atoms with Gasteiger partial charge in [0.1, 0.15) is 11.5 Å². The normalized spacial score (nSPS) is 16.4. The van der Waals surface area contributed by atoms with Crippen LogP contribution < -0.4 is 14.8 Å². The molecular weight excluding hydrogens is 642 g/mol. The third-order valence-electron chi connectivity index (χ3n) is 8.81. The van der Waals surface area contributed by atoms with Crippen LogP contribution in [0.25, 0.3) is 21.6 Å². The van der Waals surface area contributed by atoms with Crippen LogP contribution in [-0.2, 0) is 22.4 Å². The van der Waals surface area contributed by atoms with Gasteiger partial charge in [0, 0.05) is 42.2 Å². The number of azide groups is 1. The highest BCUT2D eigenvalue weighted by molar-refractivity contribution is 6.01. The van der Waals surface area contributed by atoms with Crippen LogP contribution in [0.5, 0.6) is 11.5 Å². The number of carbonyl (C=O) groups excluding carboxylic acids is 1. The smallest absolute Gasteiger partial charge is 0.252 e. The maximum atomic E-state index is 14.7. The van der Waals surface area contributed by atoms with Crippen LogP contribution in [0.15, 0.2) is 138 Å². The SMILES string of the molecule is COc1ccc(CCNC(=O)[C@]2(Cc3ccccc3N=[N+]=[N-])N=C(c3ccc(OCCCO)cc3)O[C@@H]2c2ccc(-c3ccccc3)cc2)cc1. The minimum Gasteiger partial charge on any atom is -0.497 e. The van der Waals surface area contributed by atoms with Crippen molar-refractivity contribution in [2.75, 3.05) is 26.9 Å². The van der Waals surface area contributed by atoms with E-state index in [1.54, 1.807) is 19.2 Å². The van der Waals surface area contributed by atoms with Crippen molar-refractivity contribution < 1.29 is 24.1 Å². The summed E-state index contributed by atoms with van der Waals surface area (Å²) in [4.78, 5) is 22.9. The molecule has 0 spiro atoms. The number of aliphatic imine (C=N–C) groups is 1. The highest BCUT2D eigenvalue weighted by Gasteiger charge is 2.53. The highest BCUT2D eigenvalue weighted by atomic mass is 16.5. The summed E-state index contributed by atoms with van der Waals surface area (Å²) in [7, 11) is 1.63. The van der Waals surface area contributed by atoms with E-state index in [2.05, 4.69) is 15.3 Å². The van der Waals surface area contributed by atoms with Crippen molar-refractivity contribution in [1.82, 2.24) is 5.32 Å². The van der Waals surface area contributed by atoms with Crippen molar-refractivity contribution in [3.8, 4) is 22.6 Å². The Labute approximate surface area is 297 Å². The summed E-state index contributed by atoms with van der Waals surface area (Å²) in [6.07, 6.45) is 0.397. The zero-order chi connectivity index (χ0) is 35.5. The number of aliphatic hydroxyl groups is 1. The molecule has 10 nitrogen and oxygen atoms in total. The summed E-state index contributed by atoms with van der Waals surface area (Å²) in [6, 6.07) is 40.3. The van der Waals surface area contributed by atoms with Gasteiger partial charge in [-0.2, -0.15) is 0 Å². The standard InChI is InChI=1S/C41H39N5O5/c1-49-35-20-12-29(13-21-35)24-25-43-40(48)41(28-34-10-5-6-11-37(34)45-46-42)38(32-16-14-31(15-17-32)30-8-3-2-4-9-30)51-39(44-41)33-18-22-36(23-19-33)50-27-7-26-47/h2-6,8-23,38,47H,7,24-28H2,1H3,(H,43,48)/t38-,41-/m1/s1. The Morgan fingerprint density at radius 3 is 2.25 bits per heavy atom. The second-order valence-corrected chi connectivity index (χ2v) is 12.1. The number of rotatable bonds is 15. The van der Waals surface area contributed by atoms with E-state index in [0.717, 1.165) is 28.0 Å². The summed E-state index contributed by atoms with van der Waals surface area (Å²) in [5.41, 5.74) is 13.5. The quantitative estimate of drug-likeness (QED) is 0.0500. The maximum absolute atomic E-state index is 14.7. The average Bonchev–Trinajstić information content (AvgIpc) is 3.57. The van der Waals surface area contributed by atoms with Crippen LogP contribution in [-0.4, -0.2) is 49.3 Å². The highest BCUT2D eigenvalue weighted by Crippen LogP contribution is 2.44. The summed E-state index contributed by atoms with van der Waals surface area (Å²) in [6.45, 7) is 0.789. The zero-order valence-electron chi connectivity index (χ0n) is 28.3. The van der Waals surface area contributed by atoms with Crippen LogP contribution in [0, 0.1) is 0 Å². The third kappa shape index (κ3) is 8.21. The molecular formula is C41H39N5O5. The number of nitrogens with one attached hydrogen (secondary N) is 1. The van der Waals surface area contributed by atoms with Crippen molar-refractivity contribution in [3.63, 3.8) is 0 Å². The number of benzene rings is 5. The number of amides is 1. The van der Waals surface area contributed by atoms with E-state index in [1.807, 2.05) is 115 Å². The van der Waals surface area contributed by atoms with Gasteiger partial charge in [-0.15, -0.1) is 0 Å². The van der Waals surface area contributed by atoms with E-state index in [9.17, 15) is 10.3 Å². The molecule has 0 radical (unpaired) electrons. The van der Waals surface area contributed by atoms with Crippen molar-refractivity contribution in [1.29, 1.82) is 0 Å². The lowest BCUT2D eigenvalue weighted by atomic mass is 9.81. The Kier molecular flexibility index (Phi) is 11.3. The molecule has 258 valence electrons. The lowest BCUT2D eigenvalue weighted by Crippen LogP contribution is -2.50. The maximum Gasteiger partial charge on any atom is 0.252 e. The van der Waals surface area contributed by atoms with E-state index in [0.29, 0.717) is 54.5 Å². The molecule has 1 amide bonds. The first-order chi connectivity index (χ1) is 25.0. The van der Waals surface area contributed by atoms with Gasteiger partial charge in [-0.05, 0) is 76.2 Å². The molecule has 0 unspecified atom stereocenters. The molecule has 0 saturated carbocycles. The molecule has 51 heavy (non-hydrogen) atoms. The molecule has 0 aliphatic carbocycles. The fourth-order valence-electron chi connectivity index (χ4n) is 6.13. The molecule has 1 heterocycles. The largest absolute Gasteiger partial charge is 0.497 e. The van der Waals surface area contributed by atoms with E-state index in [-0.39, 0.29) is 18.9 Å². The van der Waals surface area contributed by atoms with Gasteiger partial charge in [-0.1, -0.05) is 96.1 Å². The second kappa shape index (κ2) is 16.5. The molecule has 6 rings (SSSR count). The molecule has 1 aliphatic heterocycles. The number of hydrogen-bond acceptors (Lipinski definition) is 7. The van der Waals surface area contributed by atoms with Crippen molar-refractivity contribution >= 4 is 17.5 Å². The zero-order valence-corrected chi connectivity index (χ0v) is 28.3. The Bertz CT molecular complexity index is 1990. The number of carbonyl (C=O) groups is 1. The van der Waals surface area contributed by atoms with Crippen molar-refractivity contribution in [2.24, 2.45) is 10.1 Å². The monoisotopic (exact) mass is 681 g/mol. The van der Waals surface area contributed by atoms with Gasteiger partial charge in [0.2, 0.25) is 5.90 Å². The molecule has 0 saturated heterocycles. The van der Waals surface area contributed by atoms with Gasteiger partial charge < -0.3 is 24.6 Å². The van der Waals surface area contributed by atoms with Gasteiger partial charge in [0.15, 0.2) is 11.6 Å². The van der Waals surface area contributed by atoms with Crippen molar-refractivity contribution in [3.05, 3.63) is 160 Å². The third-order valence-corrected chi connectivity index (χ3v) is 8.81. The van der Waals surface area contributed by atoms with Gasteiger partial charge in [-0.3, -0.25) is 4.79 Å². The Hall–Kier alpha value is -6.09. The van der Waals surface area contributed by atoms with Gasteiger partial charge in [0.25, 0.3) is 5.91 Å². The molecule has 2 N–H and O–H groups in total. The summed E-state index contributed by atoms with van der Waals surface area (Å²) >= 11 is 0. The minimum atomic E-state index is -1.47. The van der Waals surface area contributed by atoms with Crippen LogP contribution in [0.1, 0.15) is 34.8 Å². The molecule has 1 aliphatic rings. The fourth-order valence-corrected chi connectivity index (χ4v) is 6.13. The lowest BCUT2D eigenvalue weighted by Gasteiger charge is -2.31. The first kappa shape index (κ1) is 34.8. The second-order valence-electron chi connectivity index (χ2n) is 12.1. The van der Waals surface area contributed by atoms with E-state index < -0.39 is 11.6 Å². The molecule has 0 fully saturated rings. The predicted octanol–water partition coefficient (Wildman–Crippen LogP) is 7.92. The van der Waals surface area contributed by atoms with Crippen LogP contribution in [0.4, 0.5) is 5.69 Å². The predicted molar refractivity (Wildman–Crippen MR) is 197 cm³/mol. The number of ether oxygens (including phenoxy) is 3. The number of nitrogens with zero attached hydrogens (tertiary/aromatic N) is 4. The Morgan fingerprint density at radius 2 is 1.55 bits per heavy atom.